The van der Waals surface area contributed by atoms with Gasteiger partial charge in [0.2, 0.25) is 0 Å². The number of carbonyl (C=O) groups excluding carboxylic acids is 1. The molecule has 0 saturated heterocycles. The van der Waals surface area contributed by atoms with E-state index in [1.165, 1.54) is 0 Å². The predicted molar refractivity (Wildman–Crippen MR) is 79.5 cm³/mol. The molecule has 1 aliphatic heterocycles. The van der Waals surface area contributed by atoms with Gasteiger partial charge in [0.25, 0.3) is 5.91 Å². The number of rotatable bonds is 2. The summed E-state index contributed by atoms with van der Waals surface area (Å²) >= 11 is 0. The molecule has 0 saturated carbocycles. The van der Waals surface area contributed by atoms with Crippen molar-refractivity contribution >= 4 is 17.3 Å². The minimum atomic E-state index is -1.67. The molecule has 4 nitrogen and oxygen atoms in total. The van der Waals surface area contributed by atoms with Crippen molar-refractivity contribution < 1.29 is 22.7 Å². The third-order valence-electron chi connectivity index (χ3n) is 3.59. The van der Waals surface area contributed by atoms with E-state index in [0.717, 1.165) is 18.3 Å². The summed E-state index contributed by atoms with van der Waals surface area (Å²) in [5.41, 5.74) is 0.668. The van der Waals surface area contributed by atoms with E-state index in [1.54, 1.807) is 18.2 Å². The zero-order valence-corrected chi connectivity index (χ0v) is 12.2. The molecular weight excluding hydrogens is 309 g/mol. The molecule has 2 aromatic rings. The molecule has 2 aromatic carbocycles. The summed E-state index contributed by atoms with van der Waals surface area (Å²) in [6, 6.07) is 6.58. The molecule has 0 bridgehead atoms. The van der Waals surface area contributed by atoms with Gasteiger partial charge in [-0.25, -0.2) is 13.2 Å². The monoisotopic (exact) mass is 322 g/mol. The third-order valence-corrected chi connectivity index (χ3v) is 3.59. The van der Waals surface area contributed by atoms with Gasteiger partial charge < -0.3 is 15.0 Å². The van der Waals surface area contributed by atoms with Crippen LogP contribution < -0.4 is 15.0 Å². The van der Waals surface area contributed by atoms with Gasteiger partial charge in [0, 0.05) is 18.8 Å². The van der Waals surface area contributed by atoms with Crippen molar-refractivity contribution in [2.24, 2.45) is 0 Å². The van der Waals surface area contributed by atoms with Gasteiger partial charge in [-0.15, -0.1) is 0 Å². The molecule has 0 fully saturated rings. The Bertz CT molecular complexity index is 780. The second-order valence-electron chi connectivity index (χ2n) is 5.13. The van der Waals surface area contributed by atoms with Crippen LogP contribution in [0.3, 0.4) is 0 Å². The van der Waals surface area contributed by atoms with Gasteiger partial charge in [0.1, 0.15) is 12.4 Å². The molecule has 1 heterocycles. The summed E-state index contributed by atoms with van der Waals surface area (Å²) in [7, 11) is 1.91. The van der Waals surface area contributed by atoms with E-state index >= 15 is 0 Å². The van der Waals surface area contributed by atoms with Gasteiger partial charge in [-0.1, -0.05) is 0 Å². The number of amides is 1. The fraction of sp³-hybridized carbons (Fsp3) is 0.188. The van der Waals surface area contributed by atoms with Gasteiger partial charge in [0.05, 0.1) is 17.8 Å². The number of anilines is 2. The number of hydrogen-bond donors (Lipinski definition) is 1. The number of likely N-dealkylation sites (N-methyl/N-ethyl adjacent to an activating group) is 1. The SMILES string of the molecule is CN1CCOc2cc(NC(=O)c3ccc(F)c(F)c3F)ccc21. The maximum atomic E-state index is 13.6. The Morgan fingerprint density at radius 3 is 2.74 bits per heavy atom. The van der Waals surface area contributed by atoms with Crippen LogP contribution >= 0.6 is 0 Å². The van der Waals surface area contributed by atoms with Crippen molar-refractivity contribution in [1.82, 2.24) is 0 Å². The number of carbonyl (C=O) groups is 1. The lowest BCUT2D eigenvalue weighted by Gasteiger charge is -2.27. The molecule has 23 heavy (non-hydrogen) atoms. The summed E-state index contributed by atoms with van der Waals surface area (Å²) in [5, 5.41) is 2.44. The number of benzene rings is 2. The van der Waals surface area contributed by atoms with Gasteiger partial charge in [0.15, 0.2) is 17.5 Å². The van der Waals surface area contributed by atoms with Crippen molar-refractivity contribution in [3.05, 3.63) is 53.3 Å². The highest BCUT2D eigenvalue weighted by atomic mass is 19.2. The summed E-state index contributed by atoms with van der Waals surface area (Å²) in [4.78, 5) is 14.0. The Kier molecular flexibility index (Phi) is 3.85. The van der Waals surface area contributed by atoms with Crippen LogP contribution in [0.1, 0.15) is 10.4 Å². The first kappa shape index (κ1) is 15.2. The number of ether oxygens (including phenoxy) is 1. The summed E-state index contributed by atoms with van der Waals surface area (Å²) in [6.07, 6.45) is 0. The van der Waals surface area contributed by atoms with E-state index in [1.807, 2.05) is 11.9 Å². The molecule has 7 heteroatoms. The molecule has 3 rings (SSSR count). The molecule has 0 spiro atoms. The number of nitrogens with zero attached hydrogens (tertiary/aromatic N) is 1. The quantitative estimate of drug-likeness (QED) is 0.864. The van der Waals surface area contributed by atoms with Crippen LogP contribution in [0, 0.1) is 17.5 Å². The summed E-state index contributed by atoms with van der Waals surface area (Å²) in [6.45, 7) is 1.26. The van der Waals surface area contributed by atoms with Crippen LogP contribution in [0.15, 0.2) is 30.3 Å². The Hall–Kier alpha value is -2.70. The Morgan fingerprint density at radius 2 is 1.96 bits per heavy atom. The molecule has 1 N–H and O–H groups in total. The second-order valence-corrected chi connectivity index (χ2v) is 5.13. The van der Waals surface area contributed by atoms with Gasteiger partial charge in [-0.2, -0.15) is 0 Å². The van der Waals surface area contributed by atoms with Crippen molar-refractivity contribution in [1.29, 1.82) is 0 Å². The molecule has 1 amide bonds. The molecule has 0 atom stereocenters. The first-order valence-electron chi connectivity index (χ1n) is 6.90. The summed E-state index contributed by atoms with van der Waals surface area (Å²) < 4.78 is 45.2. The normalized spacial score (nSPS) is 13.3. The lowest BCUT2D eigenvalue weighted by Crippen LogP contribution is -2.28. The highest BCUT2D eigenvalue weighted by Gasteiger charge is 2.20. The molecule has 120 valence electrons. The maximum absolute atomic E-state index is 13.6. The molecule has 1 aliphatic rings. The second kappa shape index (κ2) is 5.83. The number of halogens is 3. The first-order valence-corrected chi connectivity index (χ1v) is 6.90. The van der Waals surface area contributed by atoms with Gasteiger partial charge >= 0.3 is 0 Å². The first-order chi connectivity index (χ1) is 11.0. The number of nitrogens with one attached hydrogen (secondary N) is 1. The Morgan fingerprint density at radius 1 is 1.17 bits per heavy atom. The Labute approximate surface area is 130 Å². The fourth-order valence-corrected chi connectivity index (χ4v) is 2.34. The molecule has 0 aliphatic carbocycles. The fourth-order valence-electron chi connectivity index (χ4n) is 2.34. The Balaban J connectivity index is 1.85. The van der Waals surface area contributed by atoms with E-state index in [9.17, 15) is 18.0 Å². The predicted octanol–water partition coefficient (Wildman–Crippen LogP) is 3.18. The smallest absolute Gasteiger partial charge is 0.258 e. The van der Waals surface area contributed by atoms with Crippen LogP contribution in [0.2, 0.25) is 0 Å². The van der Waals surface area contributed by atoms with E-state index < -0.39 is 28.9 Å². The summed E-state index contributed by atoms with van der Waals surface area (Å²) in [5.74, 6) is -4.82. The standard InChI is InChI=1S/C16H13F3N2O2/c1-21-6-7-23-13-8-9(2-5-12(13)21)20-16(22)10-3-4-11(17)15(19)14(10)18/h2-5,8H,6-7H2,1H3,(H,20,22). The topological polar surface area (TPSA) is 41.6 Å². The lowest BCUT2D eigenvalue weighted by molar-refractivity contribution is 0.102. The highest BCUT2D eigenvalue weighted by molar-refractivity contribution is 6.04. The number of hydrogen-bond acceptors (Lipinski definition) is 3. The van der Waals surface area contributed by atoms with Crippen molar-refractivity contribution in [3.63, 3.8) is 0 Å². The van der Waals surface area contributed by atoms with E-state index in [4.69, 9.17) is 4.74 Å². The molecular formula is C16H13F3N2O2. The average Bonchev–Trinajstić information content (AvgIpc) is 2.53. The van der Waals surface area contributed by atoms with Crippen molar-refractivity contribution in [3.8, 4) is 5.75 Å². The lowest BCUT2D eigenvalue weighted by atomic mass is 10.1. The van der Waals surface area contributed by atoms with Crippen molar-refractivity contribution in [2.45, 2.75) is 0 Å². The van der Waals surface area contributed by atoms with E-state index in [0.29, 0.717) is 24.1 Å². The van der Waals surface area contributed by atoms with Gasteiger partial charge in [-0.05, 0) is 24.3 Å². The number of fused-ring (bicyclic) bond motifs is 1. The molecule has 0 aromatic heterocycles. The largest absolute Gasteiger partial charge is 0.489 e. The average molecular weight is 322 g/mol. The maximum Gasteiger partial charge on any atom is 0.258 e. The van der Waals surface area contributed by atoms with Crippen LogP contribution in [-0.2, 0) is 0 Å². The van der Waals surface area contributed by atoms with Crippen LogP contribution in [0.4, 0.5) is 24.5 Å². The molecule has 0 unspecified atom stereocenters. The zero-order chi connectivity index (χ0) is 16.6. The van der Waals surface area contributed by atoms with Crippen LogP contribution in [-0.4, -0.2) is 26.1 Å². The van der Waals surface area contributed by atoms with Gasteiger partial charge in [-0.3, -0.25) is 4.79 Å². The van der Waals surface area contributed by atoms with Crippen LogP contribution in [0.5, 0.6) is 5.75 Å². The van der Waals surface area contributed by atoms with Crippen molar-refractivity contribution in [2.75, 3.05) is 30.4 Å². The van der Waals surface area contributed by atoms with E-state index in [-0.39, 0.29) is 0 Å². The zero-order valence-electron chi connectivity index (χ0n) is 12.2. The van der Waals surface area contributed by atoms with E-state index in [2.05, 4.69) is 5.32 Å². The highest BCUT2D eigenvalue weighted by Crippen LogP contribution is 2.33. The van der Waals surface area contributed by atoms with Crippen LogP contribution in [0.25, 0.3) is 0 Å². The molecule has 0 radical (unpaired) electrons. The minimum Gasteiger partial charge on any atom is -0.489 e. The third kappa shape index (κ3) is 2.81. The minimum absolute atomic E-state index is 0.369.